The number of ether oxygens (including phenoxy) is 2. The number of nitrogens with one attached hydrogen (secondary N) is 1. The number of nitrogens with zero attached hydrogens (tertiary/aromatic N) is 2. The maximum absolute atomic E-state index is 12.5. The van der Waals surface area contributed by atoms with Crippen LogP contribution in [0.15, 0.2) is 57.3 Å². The van der Waals surface area contributed by atoms with Crippen LogP contribution in [0.2, 0.25) is 0 Å². The van der Waals surface area contributed by atoms with Gasteiger partial charge in [0.1, 0.15) is 23.3 Å². The molecule has 1 atom stereocenters. The molecule has 3 rings (SSSR count). The van der Waals surface area contributed by atoms with Gasteiger partial charge in [-0.15, -0.1) is 0 Å². The number of aryl methyl sites for hydroxylation is 1. The molecule has 148 valence electrons. The number of aromatic amines is 1. The minimum absolute atomic E-state index is 0.0236. The molecule has 2 aromatic rings. The monoisotopic (exact) mass is 394 g/mol. The minimum atomic E-state index is -0.927. The van der Waals surface area contributed by atoms with Gasteiger partial charge in [0.15, 0.2) is 0 Å². The highest BCUT2D eigenvalue weighted by molar-refractivity contribution is 5.90. The van der Waals surface area contributed by atoms with Crippen LogP contribution in [-0.2, 0) is 4.74 Å². The molecular formula is C20H18N4O5. The third-order valence-corrected chi connectivity index (χ3v) is 4.48. The van der Waals surface area contributed by atoms with E-state index < -0.39 is 23.3 Å². The number of carbonyl (C=O) groups is 1. The van der Waals surface area contributed by atoms with Crippen molar-refractivity contribution in [1.82, 2.24) is 9.55 Å². The lowest BCUT2D eigenvalue weighted by Gasteiger charge is -2.26. The molecule has 0 saturated heterocycles. The number of benzene rings is 1. The van der Waals surface area contributed by atoms with Gasteiger partial charge in [0.05, 0.1) is 24.4 Å². The number of methoxy groups -OCH3 is 1. The minimum Gasteiger partial charge on any atom is -0.495 e. The van der Waals surface area contributed by atoms with Crippen molar-refractivity contribution in [3.05, 3.63) is 79.8 Å². The Morgan fingerprint density at radius 1 is 1.34 bits per heavy atom. The summed E-state index contributed by atoms with van der Waals surface area (Å²) < 4.78 is 12.1. The van der Waals surface area contributed by atoms with Crippen molar-refractivity contribution in [2.45, 2.75) is 19.4 Å². The van der Waals surface area contributed by atoms with Crippen molar-refractivity contribution < 1.29 is 14.3 Å². The summed E-state index contributed by atoms with van der Waals surface area (Å²) in [5.74, 6) is -0.182. The van der Waals surface area contributed by atoms with Crippen LogP contribution in [0.1, 0.15) is 22.5 Å². The van der Waals surface area contributed by atoms with Crippen LogP contribution in [0.3, 0.4) is 0 Å². The predicted octanol–water partition coefficient (Wildman–Crippen LogP) is 1.06. The Kier molecular flexibility index (Phi) is 5.36. The van der Waals surface area contributed by atoms with Crippen LogP contribution in [0.5, 0.6) is 5.75 Å². The number of para-hydroxylation sites is 1. The zero-order valence-electron chi connectivity index (χ0n) is 15.8. The highest BCUT2D eigenvalue weighted by Gasteiger charge is 2.29. The van der Waals surface area contributed by atoms with Gasteiger partial charge in [0.25, 0.3) is 11.5 Å². The second-order valence-electron chi connectivity index (χ2n) is 6.33. The fraction of sp³-hybridized carbons (Fsp3) is 0.200. The maximum atomic E-state index is 12.5. The van der Waals surface area contributed by atoms with E-state index in [1.165, 1.54) is 13.2 Å². The number of nitriles is 1. The Balaban J connectivity index is 2.10. The fourth-order valence-corrected chi connectivity index (χ4v) is 3.02. The molecule has 0 spiro atoms. The first-order chi connectivity index (χ1) is 13.8. The van der Waals surface area contributed by atoms with Crippen molar-refractivity contribution in [3.63, 3.8) is 0 Å². The summed E-state index contributed by atoms with van der Waals surface area (Å²) in [6.45, 7) is 1.86. The number of nitrogens with two attached hydrogens (primary N) is 1. The standard InChI is InChI=1S/C20H18N4O5/c1-11-5-3-4-6-15(11)29-16-9-14(17(28-2)7-12(16)10-21)24-18(25)8-13(19(22)26)23-20(24)27/h3-8,16H,9H2,1-2H3,(H2,22,26)(H,23,27). The molecule has 0 saturated carbocycles. The van der Waals surface area contributed by atoms with Crippen LogP contribution in [0, 0.1) is 18.3 Å². The van der Waals surface area contributed by atoms with Gasteiger partial charge in [-0.25, -0.2) is 9.36 Å². The Hall–Kier alpha value is -4.06. The van der Waals surface area contributed by atoms with Crippen LogP contribution in [0.4, 0.5) is 0 Å². The van der Waals surface area contributed by atoms with E-state index in [1.54, 1.807) is 12.1 Å². The molecule has 9 heteroatoms. The average molecular weight is 394 g/mol. The number of aromatic nitrogens is 2. The van der Waals surface area contributed by atoms with Crippen molar-refractivity contribution in [2.75, 3.05) is 7.11 Å². The molecule has 1 aliphatic rings. The summed E-state index contributed by atoms with van der Waals surface area (Å²) in [6, 6.07) is 10.3. The van der Waals surface area contributed by atoms with E-state index in [0.717, 1.165) is 16.2 Å². The molecular weight excluding hydrogens is 376 g/mol. The molecule has 0 fully saturated rings. The van der Waals surface area contributed by atoms with E-state index in [0.29, 0.717) is 5.75 Å². The molecule has 1 aromatic heterocycles. The number of hydrogen-bond acceptors (Lipinski definition) is 6. The summed E-state index contributed by atoms with van der Waals surface area (Å²) in [4.78, 5) is 38.6. The number of primary amides is 1. The Morgan fingerprint density at radius 3 is 2.66 bits per heavy atom. The van der Waals surface area contributed by atoms with Crippen molar-refractivity contribution in [1.29, 1.82) is 5.26 Å². The van der Waals surface area contributed by atoms with E-state index in [1.807, 2.05) is 19.1 Å². The average Bonchev–Trinajstić information content (AvgIpc) is 2.69. The number of rotatable bonds is 5. The molecule has 0 aliphatic heterocycles. The Bertz CT molecular complexity index is 1170. The summed E-state index contributed by atoms with van der Waals surface area (Å²) in [6.07, 6.45) is 0.711. The Morgan fingerprint density at radius 2 is 2.07 bits per heavy atom. The number of amides is 1. The van der Waals surface area contributed by atoms with Gasteiger partial charge in [-0.2, -0.15) is 5.26 Å². The van der Waals surface area contributed by atoms with E-state index >= 15 is 0 Å². The number of H-pyrrole nitrogens is 1. The van der Waals surface area contributed by atoms with Gasteiger partial charge in [-0.3, -0.25) is 9.59 Å². The van der Waals surface area contributed by atoms with E-state index in [-0.39, 0.29) is 29.1 Å². The van der Waals surface area contributed by atoms with Gasteiger partial charge in [-0.1, -0.05) is 18.2 Å². The molecule has 0 bridgehead atoms. The van der Waals surface area contributed by atoms with Crippen molar-refractivity contribution in [2.24, 2.45) is 5.73 Å². The largest absolute Gasteiger partial charge is 0.495 e. The third kappa shape index (κ3) is 3.82. The van der Waals surface area contributed by atoms with Crippen LogP contribution >= 0.6 is 0 Å². The zero-order valence-corrected chi connectivity index (χ0v) is 15.8. The van der Waals surface area contributed by atoms with Gasteiger partial charge in [-0.05, 0) is 24.6 Å². The van der Waals surface area contributed by atoms with Crippen LogP contribution in [0.25, 0.3) is 5.70 Å². The van der Waals surface area contributed by atoms with Crippen molar-refractivity contribution in [3.8, 4) is 11.8 Å². The topological polar surface area (TPSA) is 140 Å². The third-order valence-electron chi connectivity index (χ3n) is 4.48. The molecule has 1 aliphatic carbocycles. The Labute approximate surface area is 165 Å². The highest BCUT2D eigenvalue weighted by atomic mass is 16.5. The first-order valence-electron chi connectivity index (χ1n) is 8.63. The SMILES string of the molecule is COC1=C(n2c(=O)cc(C(N)=O)[nH]c2=O)CC(Oc2ccccc2C)C(C#N)=C1. The van der Waals surface area contributed by atoms with Crippen molar-refractivity contribution >= 4 is 11.6 Å². The maximum Gasteiger partial charge on any atom is 0.333 e. The quantitative estimate of drug-likeness (QED) is 0.777. The summed E-state index contributed by atoms with van der Waals surface area (Å²) in [5.41, 5.74) is 4.59. The second kappa shape index (κ2) is 7.90. The molecule has 3 N–H and O–H groups in total. The normalized spacial score (nSPS) is 16.0. The van der Waals surface area contributed by atoms with E-state index in [4.69, 9.17) is 15.2 Å². The predicted molar refractivity (Wildman–Crippen MR) is 104 cm³/mol. The number of hydrogen-bond donors (Lipinski definition) is 2. The lowest BCUT2D eigenvalue weighted by Crippen LogP contribution is -2.39. The van der Waals surface area contributed by atoms with Gasteiger partial charge >= 0.3 is 5.69 Å². The van der Waals surface area contributed by atoms with Gasteiger partial charge in [0, 0.05) is 12.5 Å². The molecule has 29 heavy (non-hydrogen) atoms. The molecule has 1 aromatic carbocycles. The number of carbonyl (C=O) groups excluding carboxylic acids is 1. The first kappa shape index (κ1) is 19.7. The van der Waals surface area contributed by atoms with Crippen LogP contribution in [-0.4, -0.2) is 28.7 Å². The second-order valence-corrected chi connectivity index (χ2v) is 6.33. The molecule has 1 amide bonds. The summed E-state index contributed by atoms with van der Waals surface area (Å²) in [5, 5.41) is 9.52. The summed E-state index contributed by atoms with van der Waals surface area (Å²) in [7, 11) is 1.36. The summed E-state index contributed by atoms with van der Waals surface area (Å²) >= 11 is 0. The zero-order chi connectivity index (χ0) is 21.1. The fourth-order valence-electron chi connectivity index (χ4n) is 3.02. The first-order valence-corrected chi connectivity index (χ1v) is 8.63. The lowest BCUT2D eigenvalue weighted by atomic mass is 9.98. The highest BCUT2D eigenvalue weighted by Crippen LogP contribution is 2.30. The molecule has 1 unspecified atom stereocenters. The smallest absolute Gasteiger partial charge is 0.333 e. The molecule has 9 nitrogen and oxygen atoms in total. The molecule has 0 radical (unpaired) electrons. The number of allylic oxidation sites excluding steroid dienone is 1. The van der Waals surface area contributed by atoms with E-state index in [2.05, 4.69) is 11.1 Å². The molecule has 1 heterocycles. The van der Waals surface area contributed by atoms with Gasteiger partial charge < -0.3 is 20.2 Å². The van der Waals surface area contributed by atoms with E-state index in [9.17, 15) is 19.6 Å². The lowest BCUT2D eigenvalue weighted by molar-refractivity contribution is 0.0994. The van der Waals surface area contributed by atoms with Gasteiger partial charge in [0.2, 0.25) is 0 Å². The van der Waals surface area contributed by atoms with Crippen LogP contribution < -0.4 is 21.7 Å².